The van der Waals surface area contributed by atoms with Crippen LogP contribution in [0.4, 0.5) is 10.1 Å². The number of carbonyl (C=O) groups is 1. The number of halogens is 1. The lowest BCUT2D eigenvalue weighted by Gasteiger charge is -2.26. The third-order valence-corrected chi connectivity index (χ3v) is 7.96. The van der Waals surface area contributed by atoms with E-state index in [1.54, 1.807) is 36.2 Å². The maximum Gasteiger partial charge on any atom is 0.475 e. The minimum absolute atomic E-state index is 0.0259. The van der Waals surface area contributed by atoms with Gasteiger partial charge in [-0.25, -0.2) is 19.9 Å². The summed E-state index contributed by atoms with van der Waals surface area (Å²) >= 11 is 0. The minimum Gasteiger partial charge on any atom is -0.460 e. The van der Waals surface area contributed by atoms with Crippen molar-refractivity contribution in [2.24, 2.45) is 16.7 Å². The average molecular weight is 651 g/mol. The molecular weight excluding hydrogens is 614 g/mol. The number of hydrazone groups is 1. The van der Waals surface area contributed by atoms with Crippen LogP contribution in [0.25, 0.3) is 11.1 Å². The second kappa shape index (κ2) is 16.6. The summed E-state index contributed by atoms with van der Waals surface area (Å²) in [5, 5.41) is 4.96. The molecule has 4 N–H and O–H groups in total. The zero-order chi connectivity index (χ0) is 32.9. The monoisotopic (exact) mass is 650 g/mol. The number of phosphoric ester groups is 1. The number of amidine groups is 1. The van der Waals surface area contributed by atoms with Gasteiger partial charge in [-0.3, -0.25) is 23.3 Å². The molecule has 46 heavy (non-hydrogen) atoms. The number of carbonyl (C=O) groups excluding carboxylic acids is 1. The van der Waals surface area contributed by atoms with Crippen molar-refractivity contribution in [3.8, 4) is 11.1 Å². The Labute approximate surface area is 266 Å². The number of pyridine rings is 1. The molecule has 4 aromatic rings. The normalized spacial score (nSPS) is 12.4. The lowest BCUT2D eigenvalue weighted by Crippen LogP contribution is -2.34. The zero-order valence-corrected chi connectivity index (χ0v) is 26.3. The van der Waals surface area contributed by atoms with Gasteiger partial charge < -0.3 is 15.4 Å². The molecule has 12 nitrogen and oxygen atoms in total. The predicted molar refractivity (Wildman–Crippen MR) is 173 cm³/mol. The Morgan fingerprint density at radius 3 is 2.11 bits per heavy atom. The quantitative estimate of drug-likeness (QED) is 0.0402. The molecule has 0 amide bonds. The van der Waals surface area contributed by atoms with E-state index < -0.39 is 19.7 Å². The van der Waals surface area contributed by atoms with Crippen LogP contribution in [0.15, 0.2) is 102 Å². The fraction of sp³-hybridized carbons (Fsp3) is 0.219. The highest BCUT2D eigenvalue weighted by atomic mass is 31.2. The van der Waals surface area contributed by atoms with Crippen LogP contribution < -0.4 is 16.5 Å². The first-order chi connectivity index (χ1) is 22.2. The van der Waals surface area contributed by atoms with Crippen molar-refractivity contribution >= 4 is 25.8 Å². The first-order valence-corrected chi connectivity index (χ1v) is 15.6. The van der Waals surface area contributed by atoms with Crippen LogP contribution in [0.5, 0.6) is 0 Å². The zero-order valence-electron chi connectivity index (χ0n) is 25.4. The summed E-state index contributed by atoms with van der Waals surface area (Å²) in [5.41, 5.74) is 9.14. The number of rotatable bonds is 17. The SMILES string of the molecule is CN(N)/N=C(\N)c1ccc(-c2ccc(N(C)CC(COP(=O)(OCc3ccccc3)OCc3ccccc3)OC=O)cc2F)cn1. The van der Waals surface area contributed by atoms with E-state index in [2.05, 4.69) is 10.1 Å². The Morgan fingerprint density at radius 1 is 0.957 bits per heavy atom. The number of nitrogens with zero attached hydrogens (tertiary/aromatic N) is 4. The summed E-state index contributed by atoms with van der Waals surface area (Å²) in [7, 11) is -0.893. The van der Waals surface area contributed by atoms with Gasteiger partial charge in [0.1, 0.15) is 17.6 Å². The van der Waals surface area contributed by atoms with Gasteiger partial charge >= 0.3 is 7.82 Å². The highest BCUT2D eigenvalue weighted by Crippen LogP contribution is 2.51. The summed E-state index contributed by atoms with van der Waals surface area (Å²) < 4.78 is 51.1. The van der Waals surface area contributed by atoms with E-state index in [4.69, 9.17) is 29.9 Å². The summed E-state index contributed by atoms with van der Waals surface area (Å²) in [6.45, 7) is -0.0100. The number of likely N-dealkylation sites (N-methyl/N-ethyl adjacent to an activating group) is 1. The molecule has 242 valence electrons. The topological polar surface area (TPSA) is 155 Å². The van der Waals surface area contributed by atoms with Crippen LogP contribution in [0.2, 0.25) is 0 Å². The molecule has 1 unspecified atom stereocenters. The molecule has 0 fully saturated rings. The summed E-state index contributed by atoms with van der Waals surface area (Å²) in [5.74, 6) is 5.10. The summed E-state index contributed by atoms with van der Waals surface area (Å²) in [4.78, 5) is 17.3. The molecule has 0 bridgehead atoms. The van der Waals surface area contributed by atoms with E-state index in [-0.39, 0.29) is 38.7 Å². The van der Waals surface area contributed by atoms with Crippen LogP contribution >= 0.6 is 7.82 Å². The van der Waals surface area contributed by atoms with E-state index in [0.29, 0.717) is 22.5 Å². The number of hydrazine groups is 1. The molecule has 3 aromatic carbocycles. The molecule has 1 heterocycles. The number of benzene rings is 3. The lowest BCUT2D eigenvalue weighted by molar-refractivity contribution is -0.134. The number of ether oxygens (including phenoxy) is 1. The number of anilines is 1. The Morgan fingerprint density at radius 2 is 1.59 bits per heavy atom. The minimum atomic E-state index is -4.11. The molecule has 1 atom stereocenters. The Hall–Kier alpha value is -4.65. The molecule has 0 aliphatic rings. The molecule has 0 radical (unpaired) electrons. The molecule has 14 heteroatoms. The summed E-state index contributed by atoms with van der Waals surface area (Å²) in [6.07, 6.45) is 0.593. The predicted octanol–water partition coefficient (Wildman–Crippen LogP) is 4.85. The molecule has 0 aliphatic heterocycles. The number of phosphoric acid groups is 1. The van der Waals surface area contributed by atoms with Gasteiger partial charge in [0, 0.05) is 37.1 Å². The van der Waals surface area contributed by atoms with Crippen LogP contribution in [-0.2, 0) is 40.9 Å². The molecule has 0 saturated heterocycles. The van der Waals surface area contributed by atoms with Crippen molar-refractivity contribution in [1.29, 1.82) is 0 Å². The standard InChI is InChI=1S/C32H36FN6O6P/c1-38(27-14-15-29(30(33)17-27)26-13-16-31(36-18-26)32(34)37-39(2)35)19-28(42-23-40)22-45-46(41,43-20-24-9-5-3-6-10-24)44-21-25-11-7-4-8-12-25/h3-18,23,28H,19-22,35H2,1-2H3,(H2,34,37). The van der Waals surface area contributed by atoms with Crippen LogP contribution in [0.3, 0.4) is 0 Å². The summed E-state index contributed by atoms with van der Waals surface area (Å²) in [6, 6.07) is 26.2. The fourth-order valence-corrected chi connectivity index (χ4v) is 5.45. The third-order valence-electron chi connectivity index (χ3n) is 6.60. The average Bonchev–Trinajstić information content (AvgIpc) is 3.06. The van der Waals surface area contributed by atoms with Gasteiger partial charge in [0.25, 0.3) is 6.47 Å². The van der Waals surface area contributed by atoms with E-state index in [1.807, 2.05) is 60.7 Å². The van der Waals surface area contributed by atoms with E-state index in [0.717, 1.165) is 16.2 Å². The van der Waals surface area contributed by atoms with Crippen molar-refractivity contribution < 1.29 is 32.1 Å². The number of hydrogen-bond acceptors (Lipinski definition) is 11. The first-order valence-electron chi connectivity index (χ1n) is 14.2. The van der Waals surface area contributed by atoms with Gasteiger partial charge in [-0.05, 0) is 35.4 Å². The van der Waals surface area contributed by atoms with E-state index >= 15 is 4.39 Å². The third kappa shape index (κ3) is 10.2. The van der Waals surface area contributed by atoms with Gasteiger partial charge in [0.15, 0.2) is 5.84 Å². The van der Waals surface area contributed by atoms with Crippen LogP contribution in [-0.4, -0.2) is 55.8 Å². The molecule has 0 aliphatic carbocycles. The van der Waals surface area contributed by atoms with Crippen molar-refractivity contribution in [2.45, 2.75) is 19.3 Å². The number of nitrogens with two attached hydrogens (primary N) is 2. The van der Waals surface area contributed by atoms with Crippen LogP contribution in [0, 0.1) is 5.82 Å². The van der Waals surface area contributed by atoms with Crippen molar-refractivity contribution in [3.63, 3.8) is 0 Å². The molecule has 4 rings (SSSR count). The molecule has 0 saturated carbocycles. The van der Waals surface area contributed by atoms with Gasteiger partial charge in [0.05, 0.1) is 26.4 Å². The highest BCUT2D eigenvalue weighted by molar-refractivity contribution is 7.48. The molecular formula is C32H36FN6O6P. The maximum absolute atomic E-state index is 15.3. The Balaban J connectivity index is 1.42. The second-order valence-corrected chi connectivity index (χ2v) is 11.8. The Bertz CT molecular complexity index is 1580. The first kappa shape index (κ1) is 34.2. The highest BCUT2D eigenvalue weighted by Gasteiger charge is 2.30. The molecule has 1 aromatic heterocycles. The maximum atomic E-state index is 15.3. The van der Waals surface area contributed by atoms with Crippen molar-refractivity contribution in [2.75, 3.05) is 32.1 Å². The van der Waals surface area contributed by atoms with Gasteiger partial charge in [-0.1, -0.05) is 66.7 Å². The number of aromatic nitrogens is 1. The fourth-order valence-electron chi connectivity index (χ4n) is 4.27. The van der Waals surface area contributed by atoms with Gasteiger partial charge in [-0.15, -0.1) is 5.10 Å². The van der Waals surface area contributed by atoms with Gasteiger partial charge in [-0.2, -0.15) is 0 Å². The molecule has 0 spiro atoms. The smallest absolute Gasteiger partial charge is 0.460 e. The van der Waals surface area contributed by atoms with Gasteiger partial charge in [0.2, 0.25) is 0 Å². The van der Waals surface area contributed by atoms with Crippen LogP contribution in [0.1, 0.15) is 16.8 Å². The Kier molecular flexibility index (Phi) is 12.4. The van der Waals surface area contributed by atoms with Crippen molar-refractivity contribution in [3.05, 3.63) is 120 Å². The number of hydrogen-bond donors (Lipinski definition) is 2. The second-order valence-electron chi connectivity index (χ2n) is 10.2. The van der Waals surface area contributed by atoms with E-state index in [1.165, 1.54) is 19.3 Å². The largest absolute Gasteiger partial charge is 0.475 e. The lowest BCUT2D eigenvalue weighted by atomic mass is 10.1. The van der Waals surface area contributed by atoms with E-state index in [9.17, 15) is 9.36 Å². The van der Waals surface area contributed by atoms with Crippen molar-refractivity contribution in [1.82, 2.24) is 10.1 Å².